The average Bonchev–Trinajstić information content (AvgIpc) is 2.61. The molecule has 1 amide bonds. The van der Waals surface area contributed by atoms with Gasteiger partial charge in [-0.25, -0.2) is 0 Å². The second kappa shape index (κ2) is 5.91. The van der Waals surface area contributed by atoms with Crippen LogP contribution in [0.4, 0.5) is 10.7 Å². The molecule has 2 rings (SSSR count). The van der Waals surface area contributed by atoms with Crippen molar-refractivity contribution in [1.29, 1.82) is 5.26 Å². The van der Waals surface area contributed by atoms with Gasteiger partial charge in [0.25, 0.3) is 5.91 Å². The van der Waals surface area contributed by atoms with Crippen LogP contribution in [0.3, 0.4) is 0 Å². The van der Waals surface area contributed by atoms with Gasteiger partial charge in [-0.3, -0.25) is 4.79 Å². The zero-order valence-electron chi connectivity index (χ0n) is 10.8. The van der Waals surface area contributed by atoms with E-state index in [1.165, 1.54) is 11.3 Å². The van der Waals surface area contributed by atoms with Gasteiger partial charge in [0, 0.05) is 26.7 Å². The van der Waals surface area contributed by atoms with Gasteiger partial charge in [-0.15, -0.1) is 11.3 Å². The minimum Gasteiger partial charge on any atom is -0.396 e. The van der Waals surface area contributed by atoms with E-state index in [1.54, 1.807) is 7.05 Å². The minimum atomic E-state index is -0.234. The fraction of sp³-hybridized carbons (Fsp3) is 0.500. The molecule has 102 valence electrons. The Morgan fingerprint density at radius 1 is 1.53 bits per heavy atom. The average molecular weight is 279 g/mol. The Hall–Kier alpha value is -1.78. The van der Waals surface area contributed by atoms with Crippen LogP contribution < -0.4 is 21.3 Å². The predicted octanol–water partition coefficient (Wildman–Crippen LogP) is 0.361. The molecule has 0 radical (unpaired) electrons. The largest absolute Gasteiger partial charge is 0.396 e. The molecule has 1 aromatic rings. The number of hydrogen-bond acceptors (Lipinski definition) is 6. The van der Waals surface area contributed by atoms with E-state index in [0.717, 1.165) is 37.6 Å². The number of nitrogens with two attached hydrogens (primary N) is 1. The Morgan fingerprint density at radius 3 is 3.00 bits per heavy atom. The highest BCUT2D eigenvalue weighted by atomic mass is 32.1. The lowest BCUT2D eigenvalue weighted by atomic mass is 10.2. The summed E-state index contributed by atoms with van der Waals surface area (Å²) in [5, 5.41) is 15.8. The van der Waals surface area contributed by atoms with Gasteiger partial charge in [0.1, 0.15) is 15.9 Å². The summed E-state index contributed by atoms with van der Waals surface area (Å²) in [4.78, 5) is 14.5. The molecule has 1 fully saturated rings. The third-order valence-corrected chi connectivity index (χ3v) is 4.28. The van der Waals surface area contributed by atoms with Crippen LogP contribution in [0.1, 0.15) is 21.7 Å². The molecule has 1 aliphatic heterocycles. The third-order valence-electron chi connectivity index (χ3n) is 3.11. The maximum atomic E-state index is 12.0. The van der Waals surface area contributed by atoms with Crippen LogP contribution in [0.25, 0.3) is 0 Å². The van der Waals surface area contributed by atoms with Crippen molar-refractivity contribution in [1.82, 2.24) is 10.6 Å². The minimum absolute atomic E-state index is 0.234. The van der Waals surface area contributed by atoms with Crippen LogP contribution in [0.2, 0.25) is 0 Å². The third kappa shape index (κ3) is 2.64. The van der Waals surface area contributed by atoms with Gasteiger partial charge in [0.15, 0.2) is 0 Å². The highest BCUT2D eigenvalue weighted by Crippen LogP contribution is 2.38. The molecule has 0 unspecified atom stereocenters. The Kier molecular flexibility index (Phi) is 4.24. The molecule has 1 saturated heterocycles. The molecule has 0 saturated carbocycles. The molecular formula is C12H17N5OS. The standard InChI is InChI=1S/C12H17N5OS/c1-15-11(18)9-10(14)8(7-13)19-12(9)17-5-2-3-16-4-6-17/h16H,2-6,14H2,1H3,(H,15,18). The van der Waals surface area contributed by atoms with Crippen molar-refractivity contribution in [2.75, 3.05) is 43.9 Å². The zero-order valence-corrected chi connectivity index (χ0v) is 11.6. The van der Waals surface area contributed by atoms with Gasteiger partial charge in [0.2, 0.25) is 0 Å². The quantitative estimate of drug-likeness (QED) is 0.727. The van der Waals surface area contributed by atoms with Crippen LogP contribution >= 0.6 is 11.3 Å². The van der Waals surface area contributed by atoms with E-state index in [1.807, 2.05) is 0 Å². The normalized spacial score (nSPS) is 15.7. The summed E-state index contributed by atoms with van der Waals surface area (Å²) in [6.45, 7) is 3.52. The van der Waals surface area contributed by atoms with Crippen molar-refractivity contribution in [2.24, 2.45) is 0 Å². The number of nitrogens with zero attached hydrogens (tertiary/aromatic N) is 2. The van der Waals surface area contributed by atoms with E-state index in [4.69, 9.17) is 11.0 Å². The smallest absolute Gasteiger partial charge is 0.256 e. The summed E-state index contributed by atoms with van der Waals surface area (Å²) < 4.78 is 0. The molecule has 1 aliphatic rings. The summed E-state index contributed by atoms with van der Waals surface area (Å²) in [6, 6.07) is 2.06. The number of rotatable bonds is 2. The predicted molar refractivity (Wildman–Crippen MR) is 76.5 cm³/mol. The van der Waals surface area contributed by atoms with Gasteiger partial charge in [-0.05, 0) is 13.0 Å². The SMILES string of the molecule is CNC(=O)c1c(N2CCCNCC2)sc(C#N)c1N. The van der Waals surface area contributed by atoms with E-state index >= 15 is 0 Å². The van der Waals surface area contributed by atoms with Crippen molar-refractivity contribution in [2.45, 2.75) is 6.42 Å². The summed E-state index contributed by atoms with van der Waals surface area (Å²) >= 11 is 1.30. The number of carbonyl (C=O) groups excluding carboxylic acids is 1. The molecule has 7 heteroatoms. The molecule has 0 spiro atoms. The molecule has 0 aromatic carbocycles. The molecular weight excluding hydrogens is 262 g/mol. The Balaban J connectivity index is 2.43. The van der Waals surface area contributed by atoms with Gasteiger partial charge >= 0.3 is 0 Å². The lowest BCUT2D eigenvalue weighted by molar-refractivity contribution is 0.0965. The number of nitrogen functional groups attached to an aromatic ring is 1. The van der Waals surface area contributed by atoms with Crippen LogP contribution in [0.5, 0.6) is 0 Å². The van der Waals surface area contributed by atoms with Gasteiger partial charge in [-0.1, -0.05) is 0 Å². The molecule has 2 heterocycles. The highest BCUT2D eigenvalue weighted by molar-refractivity contribution is 7.17. The Morgan fingerprint density at radius 2 is 2.32 bits per heavy atom. The van der Waals surface area contributed by atoms with Gasteiger partial charge in [-0.2, -0.15) is 5.26 Å². The topological polar surface area (TPSA) is 94.2 Å². The summed E-state index contributed by atoms with van der Waals surface area (Å²) in [7, 11) is 1.57. The first-order chi connectivity index (χ1) is 9.19. The van der Waals surface area contributed by atoms with Crippen molar-refractivity contribution < 1.29 is 4.79 Å². The fourth-order valence-electron chi connectivity index (χ4n) is 2.13. The molecule has 0 atom stereocenters. The second-order valence-electron chi connectivity index (χ2n) is 4.31. The van der Waals surface area contributed by atoms with E-state index in [2.05, 4.69) is 21.6 Å². The van der Waals surface area contributed by atoms with E-state index in [9.17, 15) is 4.79 Å². The van der Waals surface area contributed by atoms with Crippen molar-refractivity contribution in [3.8, 4) is 6.07 Å². The van der Waals surface area contributed by atoms with Gasteiger partial charge < -0.3 is 21.3 Å². The molecule has 0 bridgehead atoms. The number of carbonyl (C=O) groups is 1. The van der Waals surface area contributed by atoms with Gasteiger partial charge in [0.05, 0.1) is 11.3 Å². The first kappa shape index (κ1) is 13.6. The first-order valence-corrected chi connectivity index (χ1v) is 7.00. The summed E-state index contributed by atoms with van der Waals surface area (Å²) in [5.41, 5.74) is 6.65. The molecule has 19 heavy (non-hydrogen) atoms. The molecule has 6 nitrogen and oxygen atoms in total. The highest BCUT2D eigenvalue weighted by Gasteiger charge is 2.25. The lowest BCUT2D eigenvalue weighted by Crippen LogP contribution is -2.29. The van der Waals surface area contributed by atoms with Crippen LogP contribution in [0.15, 0.2) is 0 Å². The number of amides is 1. The van der Waals surface area contributed by atoms with E-state index in [0.29, 0.717) is 16.1 Å². The molecule has 1 aromatic heterocycles. The Labute approximate surface area is 116 Å². The lowest BCUT2D eigenvalue weighted by Gasteiger charge is -2.21. The molecule has 0 aliphatic carbocycles. The maximum Gasteiger partial charge on any atom is 0.256 e. The van der Waals surface area contributed by atoms with E-state index < -0.39 is 0 Å². The Bertz CT molecular complexity index is 511. The van der Waals surface area contributed by atoms with E-state index in [-0.39, 0.29) is 5.91 Å². The zero-order chi connectivity index (χ0) is 13.8. The van der Waals surface area contributed by atoms with Crippen molar-refractivity contribution in [3.63, 3.8) is 0 Å². The van der Waals surface area contributed by atoms with Crippen LogP contribution in [0, 0.1) is 11.3 Å². The molecule has 4 N–H and O–H groups in total. The monoisotopic (exact) mass is 279 g/mol. The summed E-state index contributed by atoms with van der Waals surface area (Å²) in [6.07, 6.45) is 1.01. The number of anilines is 2. The number of thiophene rings is 1. The first-order valence-electron chi connectivity index (χ1n) is 6.19. The maximum absolute atomic E-state index is 12.0. The number of nitrogens with one attached hydrogen (secondary N) is 2. The second-order valence-corrected chi connectivity index (χ2v) is 5.31. The van der Waals surface area contributed by atoms with Crippen LogP contribution in [-0.4, -0.2) is 39.1 Å². The van der Waals surface area contributed by atoms with Crippen molar-refractivity contribution in [3.05, 3.63) is 10.4 Å². The number of hydrogen-bond donors (Lipinski definition) is 3. The van der Waals surface area contributed by atoms with Crippen molar-refractivity contribution >= 4 is 27.9 Å². The van der Waals surface area contributed by atoms with Crippen LogP contribution in [-0.2, 0) is 0 Å². The fourth-order valence-corrected chi connectivity index (χ4v) is 3.20. The number of nitriles is 1. The summed E-state index contributed by atoms with van der Waals surface area (Å²) in [5.74, 6) is -0.234.